The molecule has 0 aliphatic carbocycles. The van der Waals surface area contributed by atoms with Crippen LogP contribution in [-0.4, -0.2) is 38.2 Å². The third kappa shape index (κ3) is 7.85. The van der Waals surface area contributed by atoms with Crippen LogP contribution in [0, 0.1) is 5.41 Å². The van der Waals surface area contributed by atoms with E-state index in [-0.39, 0.29) is 38.0 Å². The predicted octanol–water partition coefficient (Wildman–Crippen LogP) is 1.42. The zero-order valence-electron chi connectivity index (χ0n) is 12.8. The van der Waals surface area contributed by atoms with Gasteiger partial charge in [0.25, 0.3) is 0 Å². The zero-order chi connectivity index (χ0) is 14.7. The molecule has 128 valence electrons. The first-order valence-corrected chi connectivity index (χ1v) is 6.83. The molecule has 8 heteroatoms. The molecule has 0 aromatic carbocycles. The second-order valence-electron chi connectivity index (χ2n) is 4.31. The van der Waals surface area contributed by atoms with Gasteiger partial charge in [-0.25, -0.2) is 0 Å². The molecule has 4 N–H and O–H groups in total. The Kier molecular flexibility index (Phi) is 17.4. The van der Waals surface area contributed by atoms with Crippen molar-refractivity contribution in [2.75, 3.05) is 26.3 Å². The third-order valence-corrected chi connectivity index (χ3v) is 2.95. The number of nitrogens with two attached hydrogens (primary N) is 2. The van der Waals surface area contributed by atoms with Crippen molar-refractivity contribution < 1.29 is 19.1 Å². The topological polar surface area (TPSA) is 105 Å². The lowest BCUT2D eigenvalue weighted by Crippen LogP contribution is -2.43. The molecule has 0 aromatic heterocycles. The molecule has 0 bridgehead atoms. The fourth-order valence-corrected chi connectivity index (χ4v) is 1.96. The maximum Gasteiger partial charge on any atom is 0.323 e. The number of carbonyl (C=O) groups is 2. The summed E-state index contributed by atoms with van der Waals surface area (Å²) in [6.07, 6.45) is 1.78. The fraction of sp³-hybridized carbons (Fsp3) is 0.846. The first kappa shape index (κ1) is 25.4. The van der Waals surface area contributed by atoms with Crippen molar-refractivity contribution in [1.82, 2.24) is 0 Å². The lowest BCUT2D eigenvalue weighted by Gasteiger charge is -2.29. The van der Waals surface area contributed by atoms with E-state index in [1.54, 1.807) is 13.8 Å². The molecule has 0 saturated heterocycles. The number of ether oxygens (including phenoxy) is 2. The minimum Gasteiger partial charge on any atom is -0.465 e. The number of rotatable bonds is 10. The number of halogens is 2. The van der Waals surface area contributed by atoms with Crippen molar-refractivity contribution in [2.24, 2.45) is 16.9 Å². The predicted molar refractivity (Wildman–Crippen MR) is 86.8 cm³/mol. The summed E-state index contributed by atoms with van der Waals surface area (Å²) in [7, 11) is 0. The highest BCUT2D eigenvalue weighted by atomic mass is 35.5. The third-order valence-electron chi connectivity index (χ3n) is 2.95. The van der Waals surface area contributed by atoms with E-state index in [2.05, 4.69) is 0 Å². The van der Waals surface area contributed by atoms with Crippen molar-refractivity contribution in [1.29, 1.82) is 0 Å². The van der Waals surface area contributed by atoms with E-state index in [1.165, 1.54) is 0 Å². The number of esters is 2. The van der Waals surface area contributed by atoms with Crippen molar-refractivity contribution >= 4 is 36.8 Å². The van der Waals surface area contributed by atoms with E-state index in [9.17, 15) is 9.59 Å². The standard InChI is InChI=1S/C13H26N2O4.2ClH/c1-3-18-11(16)13(7-5-9-14,8-6-10-15)12(17)19-4-2;;/h3-10,14-15H2,1-2H3;2*1H. The molecule has 0 amide bonds. The average molecular weight is 347 g/mol. The Labute approximate surface area is 139 Å². The van der Waals surface area contributed by atoms with Crippen LogP contribution in [0.2, 0.25) is 0 Å². The van der Waals surface area contributed by atoms with Crippen LogP contribution in [0.15, 0.2) is 0 Å². The number of hydrogen-bond acceptors (Lipinski definition) is 6. The molecule has 0 rings (SSSR count). The highest BCUT2D eigenvalue weighted by molar-refractivity contribution is 6.00. The molecule has 0 radical (unpaired) electrons. The van der Waals surface area contributed by atoms with Gasteiger partial charge in [-0.2, -0.15) is 0 Å². The van der Waals surface area contributed by atoms with Gasteiger partial charge in [0.15, 0.2) is 5.41 Å². The monoisotopic (exact) mass is 346 g/mol. The summed E-state index contributed by atoms with van der Waals surface area (Å²) in [5, 5.41) is 0. The maximum atomic E-state index is 12.2. The SMILES string of the molecule is CCOC(=O)C(CCCN)(CCCN)C(=O)OCC.Cl.Cl. The summed E-state index contributed by atoms with van der Waals surface area (Å²) in [6.45, 7) is 4.68. The summed E-state index contributed by atoms with van der Waals surface area (Å²) >= 11 is 0. The molecule has 0 unspecified atom stereocenters. The second-order valence-corrected chi connectivity index (χ2v) is 4.31. The smallest absolute Gasteiger partial charge is 0.323 e. The van der Waals surface area contributed by atoms with E-state index in [0.717, 1.165) is 0 Å². The quantitative estimate of drug-likeness (QED) is 0.457. The van der Waals surface area contributed by atoms with Gasteiger partial charge >= 0.3 is 11.9 Å². The highest BCUT2D eigenvalue weighted by Gasteiger charge is 2.47. The minimum atomic E-state index is -1.26. The van der Waals surface area contributed by atoms with Crippen LogP contribution in [0.1, 0.15) is 39.5 Å². The van der Waals surface area contributed by atoms with Crippen molar-refractivity contribution in [3.63, 3.8) is 0 Å². The van der Waals surface area contributed by atoms with Gasteiger partial charge in [0.05, 0.1) is 13.2 Å². The van der Waals surface area contributed by atoms with Gasteiger partial charge in [-0.3, -0.25) is 9.59 Å². The highest BCUT2D eigenvalue weighted by Crippen LogP contribution is 2.33. The fourth-order valence-electron chi connectivity index (χ4n) is 1.96. The molecule has 0 atom stereocenters. The van der Waals surface area contributed by atoms with Crippen molar-refractivity contribution in [3.05, 3.63) is 0 Å². The van der Waals surface area contributed by atoms with E-state index >= 15 is 0 Å². The van der Waals surface area contributed by atoms with E-state index in [0.29, 0.717) is 38.8 Å². The molecule has 0 heterocycles. The Morgan fingerprint density at radius 3 is 1.43 bits per heavy atom. The lowest BCUT2D eigenvalue weighted by atomic mass is 9.78. The normalized spacial score (nSPS) is 10.1. The van der Waals surface area contributed by atoms with Gasteiger partial charge in [0.1, 0.15) is 0 Å². The zero-order valence-corrected chi connectivity index (χ0v) is 14.4. The Bertz CT molecular complexity index is 263. The first-order chi connectivity index (χ1) is 9.08. The van der Waals surface area contributed by atoms with E-state index in [1.807, 2.05) is 0 Å². The Morgan fingerprint density at radius 2 is 1.19 bits per heavy atom. The largest absolute Gasteiger partial charge is 0.465 e. The molecule has 0 saturated carbocycles. The summed E-state index contributed by atoms with van der Waals surface area (Å²) in [5.74, 6) is -1.06. The first-order valence-electron chi connectivity index (χ1n) is 6.83. The average Bonchev–Trinajstić information content (AvgIpc) is 2.40. The molecule has 0 spiro atoms. The summed E-state index contributed by atoms with van der Waals surface area (Å²) in [4.78, 5) is 24.4. The van der Waals surface area contributed by atoms with Crippen LogP contribution in [-0.2, 0) is 19.1 Å². The van der Waals surface area contributed by atoms with Crippen LogP contribution >= 0.6 is 24.8 Å². The minimum absolute atomic E-state index is 0. The lowest BCUT2D eigenvalue weighted by molar-refractivity contribution is -0.173. The molecule has 0 aliphatic rings. The van der Waals surface area contributed by atoms with Crippen LogP contribution < -0.4 is 11.5 Å². The summed E-state index contributed by atoms with van der Waals surface area (Å²) < 4.78 is 10.1. The molecule has 21 heavy (non-hydrogen) atoms. The van der Waals surface area contributed by atoms with Crippen LogP contribution in [0.3, 0.4) is 0 Å². The Balaban J connectivity index is -0.00000162. The van der Waals surface area contributed by atoms with Gasteiger partial charge in [0, 0.05) is 0 Å². The van der Waals surface area contributed by atoms with Crippen LogP contribution in [0.4, 0.5) is 0 Å². The van der Waals surface area contributed by atoms with E-state index < -0.39 is 17.4 Å². The van der Waals surface area contributed by atoms with Crippen LogP contribution in [0.25, 0.3) is 0 Å². The number of hydrogen-bond donors (Lipinski definition) is 2. The van der Waals surface area contributed by atoms with Gasteiger partial charge < -0.3 is 20.9 Å². The van der Waals surface area contributed by atoms with Crippen molar-refractivity contribution in [3.8, 4) is 0 Å². The second kappa shape index (κ2) is 14.4. The molecule has 6 nitrogen and oxygen atoms in total. The molecular formula is C13H28Cl2N2O4. The van der Waals surface area contributed by atoms with Gasteiger partial charge in [0.2, 0.25) is 0 Å². The van der Waals surface area contributed by atoms with Gasteiger partial charge in [-0.05, 0) is 52.6 Å². The van der Waals surface area contributed by atoms with Crippen LogP contribution in [0.5, 0.6) is 0 Å². The summed E-state index contributed by atoms with van der Waals surface area (Å²) in [6, 6.07) is 0. The van der Waals surface area contributed by atoms with Crippen molar-refractivity contribution in [2.45, 2.75) is 39.5 Å². The van der Waals surface area contributed by atoms with Gasteiger partial charge in [-0.1, -0.05) is 0 Å². The molecule has 0 aromatic rings. The summed E-state index contributed by atoms with van der Waals surface area (Å²) in [5.41, 5.74) is 9.71. The van der Waals surface area contributed by atoms with E-state index in [4.69, 9.17) is 20.9 Å². The molecule has 0 fully saturated rings. The molecular weight excluding hydrogens is 319 g/mol. The number of carbonyl (C=O) groups excluding carboxylic acids is 2. The van der Waals surface area contributed by atoms with Gasteiger partial charge in [-0.15, -0.1) is 24.8 Å². The Morgan fingerprint density at radius 1 is 0.857 bits per heavy atom. The maximum absolute atomic E-state index is 12.2. The Hall–Kier alpha value is -0.560. The molecule has 0 aliphatic heterocycles.